The Morgan fingerprint density at radius 3 is 2.17 bits per heavy atom. The van der Waals surface area contributed by atoms with E-state index < -0.39 is 15.5 Å². The summed E-state index contributed by atoms with van der Waals surface area (Å²) in [4.78, 5) is 7.15. The number of likely N-dealkylation sites (tertiary alicyclic amines) is 1. The van der Waals surface area contributed by atoms with E-state index >= 15 is 0 Å². The summed E-state index contributed by atoms with van der Waals surface area (Å²) in [6.07, 6.45) is 4.27. The van der Waals surface area contributed by atoms with E-state index in [9.17, 15) is 21.6 Å². The summed E-state index contributed by atoms with van der Waals surface area (Å²) in [5.41, 5.74) is -5.32. The van der Waals surface area contributed by atoms with Crippen molar-refractivity contribution in [2.75, 3.05) is 39.3 Å². The Balaban J connectivity index is 1.93. The monoisotopic (exact) mass is 441 g/mol. The fraction of sp³-hybridized carbons (Fsp3) is 0.944. The van der Waals surface area contributed by atoms with Gasteiger partial charge in [-0.2, -0.15) is 17.5 Å². The van der Waals surface area contributed by atoms with Crippen LogP contribution in [0.15, 0.2) is 4.99 Å². The second-order valence-corrected chi connectivity index (χ2v) is 10.3. The molecular weight excluding hydrogens is 407 g/mol. The first-order valence-electron chi connectivity index (χ1n) is 10.3. The van der Waals surface area contributed by atoms with Crippen molar-refractivity contribution < 1.29 is 21.6 Å². The maximum atomic E-state index is 12.7. The van der Waals surface area contributed by atoms with E-state index in [2.05, 4.69) is 29.4 Å². The molecule has 2 N–H and O–H groups in total. The van der Waals surface area contributed by atoms with Gasteiger partial charge in [-0.25, -0.2) is 8.42 Å². The van der Waals surface area contributed by atoms with Crippen molar-refractivity contribution in [2.45, 2.75) is 70.0 Å². The van der Waals surface area contributed by atoms with Crippen molar-refractivity contribution in [2.24, 2.45) is 4.99 Å². The van der Waals surface area contributed by atoms with E-state index in [1.807, 2.05) is 6.92 Å². The molecule has 7 nitrogen and oxygen atoms in total. The number of rotatable bonds is 6. The van der Waals surface area contributed by atoms with Crippen molar-refractivity contribution in [3.8, 4) is 0 Å². The third kappa shape index (κ3) is 6.45. The fourth-order valence-electron chi connectivity index (χ4n) is 3.77. The van der Waals surface area contributed by atoms with E-state index in [4.69, 9.17) is 4.99 Å². The molecule has 0 aromatic rings. The minimum Gasteiger partial charge on any atom is -0.357 e. The quantitative estimate of drug-likeness (QED) is 0.488. The van der Waals surface area contributed by atoms with Crippen molar-refractivity contribution in [1.82, 2.24) is 19.8 Å². The summed E-state index contributed by atoms with van der Waals surface area (Å²) < 4.78 is 61.7. The van der Waals surface area contributed by atoms with Crippen LogP contribution in [0.1, 0.15) is 52.9 Å². The van der Waals surface area contributed by atoms with E-state index in [0.29, 0.717) is 36.2 Å². The summed E-state index contributed by atoms with van der Waals surface area (Å²) in [5.74, 6) is 0.620. The smallest absolute Gasteiger partial charge is 0.357 e. The second kappa shape index (κ2) is 9.82. The topological polar surface area (TPSA) is 77.0 Å². The number of piperidine rings is 2. The molecule has 2 aliphatic rings. The molecule has 0 amide bonds. The van der Waals surface area contributed by atoms with Crippen LogP contribution < -0.4 is 10.6 Å². The third-order valence-corrected chi connectivity index (χ3v) is 7.24. The Morgan fingerprint density at radius 2 is 1.66 bits per heavy atom. The fourth-order valence-corrected chi connectivity index (χ4v) is 4.76. The first kappa shape index (κ1) is 24.2. The van der Waals surface area contributed by atoms with Gasteiger partial charge in [0.2, 0.25) is 0 Å². The van der Waals surface area contributed by atoms with Crippen LogP contribution in [-0.4, -0.2) is 79.9 Å². The molecule has 11 heteroatoms. The Bertz CT molecular complexity index is 653. The number of aliphatic imine (C=N–C) groups is 1. The number of guanidine groups is 1. The number of hydrogen-bond acceptors (Lipinski definition) is 4. The standard InChI is InChI=1S/C18H34F3N5O2S/c1-4-22-16(23-14-17(2,3)25-10-6-5-7-11-25)24-15-8-12-26(13-9-15)29(27,28)18(19,20)21/h15H,4-14H2,1-3H3,(H2,22,23,24). The van der Waals surface area contributed by atoms with Crippen molar-refractivity contribution in [3.63, 3.8) is 0 Å². The van der Waals surface area contributed by atoms with Crippen molar-refractivity contribution in [3.05, 3.63) is 0 Å². The van der Waals surface area contributed by atoms with Gasteiger partial charge >= 0.3 is 15.5 Å². The van der Waals surface area contributed by atoms with Crippen LogP contribution in [0.25, 0.3) is 0 Å². The first-order chi connectivity index (χ1) is 13.5. The Hall–Kier alpha value is -1.07. The molecule has 0 radical (unpaired) electrons. The molecule has 0 aliphatic carbocycles. The minimum atomic E-state index is -5.25. The molecule has 170 valence electrons. The van der Waals surface area contributed by atoms with Crippen LogP contribution in [0.3, 0.4) is 0 Å². The SMILES string of the molecule is CCNC(=NCC(C)(C)N1CCCCC1)NC1CCN(S(=O)(=O)C(F)(F)F)CC1. The highest BCUT2D eigenvalue weighted by molar-refractivity contribution is 7.90. The average Bonchev–Trinajstić information content (AvgIpc) is 2.66. The molecule has 0 atom stereocenters. The molecule has 2 fully saturated rings. The zero-order valence-electron chi connectivity index (χ0n) is 17.6. The lowest BCUT2D eigenvalue weighted by Crippen LogP contribution is -2.52. The third-order valence-electron chi connectivity index (χ3n) is 5.61. The van der Waals surface area contributed by atoms with Gasteiger partial charge in [0.15, 0.2) is 5.96 Å². The Kier molecular flexibility index (Phi) is 8.20. The Morgan fingerprint density at radius 1 is 1.07 bits per heavy atom. The zero-order chi connectivity index (χ0) is 21.7. The largest absolute Gasteiger partial charge is 0.511 e. The summed E-state index contributed by atoms with van der Waals surface area (Å²) in [6.45, 7) is 9.39. The maximum absolute atomic E-state index is 12.7. The van der Waals surface area contributed by atoms with Crippen molar-refractivity contribution >= 4 is 16.0 Å². The lowest BCUT2D eigenvalue weighted by molar-refractivity contribution is -0.0494. The highest BCUT2D eigenvalue weighted by Gasteiger charge is 2.50. The highest BCUT2D eigenvalue weighted by atomic mass is 32.2. The number of sulfonamides is 1. The molecule has 0 saturated carbocycles. The second-order valence-electron chi connectivity index (χ2n) is 8.32. The number of halogens is 3. The predicted molar refractivity (Wildman–Crippen MR) is 108 cm³/mol. The summed E-state index contributed by atoms with van der Waals surface area (Å²) in [6, 6.07) is -0.120. The molecule has 0 unspecified atom stereocenters. The van der Waals surface area contributed by atoms with Crippen LogP contribution in [0.2, 0.25) is 0 Å². The van der Waals surface area contributed by atoms with Gasteiger partial charge in [0.25, 0.3) is 0 Å². The van der Waals surface area contributed by atoms with Crippen molar-refractivity contribution in [1.29, 1.82) is 0 Å². The normalized spacial score (nSPS) is 21.9. The van der Waals surface area contributed by atoms with Gasteiger partial charge in [-0.15, -0.1) is 0 Å². The predicted octanol–water partition coefficient (Wildman–Crippen LogP) is 2.12. The summed E-state index contributed by atoms with van der Waals surface area (Å²) in [7, 11) is -5.25. The number of hydrogen-bond donors (Lipinski definition) is 2. The molecule has 0 bridgehead atoms. The van der Waals surface area contributed by atoms with E-state index in [1.54, 1.807) is 0 Å². The van der Waals surface area contributed by atoms with Crippen LogP contribution in [0.4, 0.5) is 13.2 Å². The van der Waals surface area contributed by atoms with Crippen LogP contribution in [0, 0.1) is 0 Å². The van der Waals surface area contributed by atoms with Gasteiger partial charge in [-0.1, -0.05) is 6.42 Å². The molecule has 29 heavy (non-hydrogen) atoms. The molecule has 2 rings (SSSR count). The molecule has 0 aromatic carbocycles. The lowest BCUT2D eigenvalue weighted by Gasteiger charge is -2.40. The van der Waals surface area contributed by atoms with Gasteiger partial charge in [0.05, 0.1) is 6.54 Å². The lowest BCUT2D eigenvalue weighted by atomic mass is 9.99. The van der Waals surface area contributed by atoms with Crippen LogP contribution >= 0.6 is 0 Å². The molecule has 2 heterocycles. The highest BCUT2D eigenvalue weighted by Crippen LogP contribution is 2.29. The zero-order valence-corrected chi connectivity index (χ0v) is 18.4. The number of nitrogens with zero attached hydrogens (tertiary/aromatic N) is 3. The molecule has 0 aromatic heterocycles. The van der Waals surface area contributed by atoms with Gasteiger partial charge in [0, 0.05) is 31.2 Å². The van der Waals surface area contributed by atoms with Crippen LogP contribution in [-0.2, 0) is 10.0 Å². The van der Waals surface area contributed by atoms with E-state index in [0.717, 1.165) is 13.1 Å². The van der Waals surface area contributed by atoms with Gasteiger partial charge in [-0.3, -0.25) is 9.89 Å². The maximum Gasteiger partial charge on any atom is 0.511 e. The molecule has 2 aliphatic heterocycles. The average molecular weight is 442 g/mol. The molecular formula is C18H34F3N5O2S. The van der Waals surface area contributed by atoms with Crippen LogP contribution in [0.5, 0.6) is 0 Å². The van der Waals surface area contributed by atoms with E-state index in [-0.39, 0.29) is 24.7 Å². The molecule has 2 saturated heterocycles. The number of alkyl halides is 3. The van der Waals surface area contributed by atoms with Gasteiger partial charge < -0.3 is 10.6 Å². The van der Waals surface area contributed by atoms with Gasteiger partial charge in [0.1, 0.15) is 0 Å². The number of nitrogens with one attached hydrogen (secondary N) is 2. The Labute approximate surface area is 172 Å². The van der Waals surface area contributed by atoms with E-state index in [1.165, 1.54) is 19.3 Å². The summed E-state index contributed by atoms with van der Waals surface area (Å²) >= 11 is 0. The molecule has 0 spiro atoms. The first-order valence-corrected chi connectivity index (χ1v) is 11.8. The summed E-state index contributed by atoms with van der Waals surface area (Å²) in [5, 5.41) is 6.44. The van der Waals surface area contributed by atoms with Gasteiger partial charge in [-0.05, 0) is 59.5 Å². The minimum absolute atomic E-state index is 0.0765.